The summed E-state index contributed by atoms with van der Waals surface area (Å²) in [5.41, 5.74) is 9.13. The van der Waals surface area contributed by atoms with Crippen LogP contribution in [0.5, 0.6) is 0 Å². The minimum absolute atomic E-state index is 0.588. The molecular weight excluding hydrogens is 486 g/mol. The lowest BCUT2D eigenvalue weighted by atomic mass is 9.92. The maximum atomic E-state index is 5.55. The Balaban J connectivity index is 1.39. The third kappa shape index (κ3) is 4.55. The summed E-state index contributed by atoms with van der Waals surface area (Å²) in [6.07, 6.45) is 9.72. The van der Waals surface area contributed by atoms with Crippen molar-refractivity contribution in [3.63, 3.8) is 0 Å². The number of rotatable bonds is 6. The van der Waals surface area contributed by atoms with Crippen LogP contribution < -0.4 is 0 Å². The van der Waals surface area contributed by atoms with Gasteiger partial charge in [0.15, 0.2) is 0 Å². The molecule has 0 aliphatic heterocycles. The van der Waals surface area contributed by atoms with Crippen LogP contribution in [0.1, 0.15) is 0 Å². The molecule has 3 aromatic heterocycles. The Morgan fingerprint density at radius 2 is 0.615 bits per heavy atom. The Morgan fingerprint density at radius 3 is 0.897 bits per heavy atom. The molecule has 0 N–H and O–H groups in total. The molecule has 0 atom stereocenters. The van der Waals surface area contributed by atoms with E-state index < -0.39 is 0 Å². The lowest BCUT2D eigenvalue weighted by Gasteiger charge is -2.13. The van der Waals surface area contributed by atoms with E-state index in [0.29, 0.717) is 17.7 Å². The summed E-state index contributed by atoms with van der Waals surface area (Å²) in [4.78, 5) is 13.0. The molecule has 0 radical (unpaired) electrons. The van der Waals surface area contributed by atoms with Gasteiger partial charge < -0.3 is 13.3 Å². The van der Waals surface area contributed by atoms with Crippen LogP contribution in [0, 0.1) is 0 Å². The highest BCUT2D eigenvalue weighted by molar-refractivity contribution is 5.84. The first-order valence-corrected chi connectivity index (χ1v) is 12.5. The molecular formula is C33H21N3O3. The number of benzene rings is 4. The van der Waals surface area contributed by atoms with Crippen LogP contribution in [-0.2, 0) is 0 Å². The van der Waals surface area contributed by atoms with E-state index in [-0.39, 0.29) is 0 Å². The Kier molecular flexibility index (Phi) is 5.68. The largest absolute Gasteiger partial charge is 0.445 e. The molecule has 0 bridgehead atoms. The van der Waals surface area contributed by atoms with E-state index in [4.69, 9.17) is 13.3 Å². The fourth-order valence-electron chi connectivity index (χ4n) is 4.72. The molecule has 4 aromatic carbocycles. The van der Waals surface area contributed by atoms with Gasteiger partial charge >= 0.3 is 0 Å². The maximum absolute atomic E-state index is 5.55. The second-order valence-electron chi connectivity index (χ2n) is 9.05. The lowest BCUT2D eigenvalue weighted by molar-refractivity contribution is 0.574. The van der Waals surface area contributed by atoms with Gasteiger partial charge in [-0.25, -0.2) is 15.0 Å². The van der Waals surface area contributed by atoms with Crippen molar-refractivity contribution in [1.82, 2.24) is 15.0 Å². The Bertz CT molecular complexity index is 1620. The normalized spacial score (nSPS) is 11.1. The van der Waals surface area contributed by atoms with Crippen molar-refractivity contribution < 1.29 is 13.3 Å². The first kappa shape index (κ1) is 22.7. The number of oxazole rings is 3. The van der Waals surface area contributed by atoms with E-state index in [1.54, 1.807) is 37.4 Å². The Morgan fingerprint density at radius 1 is 0.333 bits per heavy atom. The number of hydrogen-bond donors (Lipinski definition) is 0. The highest BCUT2D eigenvalue weighted by Gasteiger charge is 2.12. The fraction of sp³-hybridized carbons (Fsp3) is 0. The SMILES string of the molecule is c1cc(-c2cc(-c3cccc(-c4ncco4)c3)cc(-c3cccc(-c4ncco4)c3)c2)cc(-c2ncco2)c1. The molecule has 0 unspecified atom stereocenters. The second kappa shape index (κ2) is 9.76. The van der Waals surface area contributed by atoms with Gasteiger partial charge in [0.1, 0.15) is 18.8 Å². The molecule has 186 valence electrons. The maximum Gasteiger partial charge on any atom is 0.225 e. The smallest absolute Gasteiger partial charge is 0.225 e. The predicted molar refractivity (Wildman–Crippen MR) is 149 cm³/mol. The van der Waals surface area contributed by atoms with Gasteiger partial charge in [-0.2, -0.15) is 0 Å². The van der Waals surface area contributed by atoms with E-state index in [9.17, 15) is 0 Å². The molecule has 0 aliphatic carbocycles. The summed E-state index contributed by atoms with van der Waals surface area (Å²) < 4.78 is 16.7. The quantitative estimate of drug-likeness (QED) is 0.224. The van der Waals surface area contributed by atoms with Crippen molar-refractivity contribution in [2.45, 2.75) is 0 Å². The van der Waals surface area contributed by atoms with Crippen LogP contribution in [-0.4, -0.2) is 15.0 Å². The minimum atomic E-state index is 0.588. The minimum Gasteiger partial charge on any atom is -0.445 e. The summed E-state index contributed by atoms with van der Waals surface area (Å²) in [7, 11) is 0. The van der Waals surface area contributed by atoms with Crippen LogP contribution >= 0.6 is 0 Å². The van der Waals surface area contributed by atoms with Crippen LogP contribution in [0.15, 0.2) is 142 Å². The van der Waals surface area contributed by atoms with Gasteiger partial charge in [0, 0.05) is 16.7 Å². The molecule has 0 amide bonds. The summed E-state index contributed by atoms with van der Waals surface area (Å²) in [5.74, 6) is 1.77. The zero-order valence-electron chi connectivity index (χ0n) is 20.7. The topological polar surface area (TPSA) is 78.1 Å². The highest BCUT2D eigenvalue weighted by Crippen LogP contribution is 2.36. The van der Waals surface area contributed by atoms with Crippen LogP contribution in [0.3, 0.4) is 0 Å². The molecule has 6 nitrogen and oxygen atoms in total. The summed E-state index contributed by atoms with van der Waals surface area (Å²) in [6.45, 7) is 0. The van der Waals surface area contributed by atoms with Crippen LogP contribution in [0.25, 0.3) is 67.7 Å². The van der Waals surface area contributed by atoms with Crippen molar-refractivity contribution in [2.24, 2.45) is 0 Å². The van der Waals surface area contributed by atoms with E-state index in [0.717, 1.165) is 50.1 Å². The molecule has 7 rings (SSSR count). The van der Waals surface area contributed by atoms with Gasteiger partial charge in [0.2, 0.25) is 17.7 Å². The first-order chi connectivity index (χ1) is 19.3. The molecule has 6 heteroatoms. The standard InChI is InChI=1S/C33H21N3O3/c1-4-22(16-25(7-1)31-34-10-13-37-31)28-19-29(23-5-2-8-26(17-23)32-35-11-14-38-32)21-30(20-28)24-6-3-9-27(18-24)33-36-12-15-39-33/h1-21H. The van der Waals surface area contributed by atoms with Gasteiger partial charge in [-0.05, 0) is 88.0 Å². The van der Waals surface area contributed by atoms with Gasteiger partial charge in [-0.1, -0.05) is 36.4 Å². The van der Waals surface area contributed by atoms with Crippen molar-refractivity contribution in [1.29, 1.82) is 0 Å². The van der Waals surface area contributed by atoms with Crippen molar-refractivity contribution in [3.05, 3.63) is 128 Å². The average Bonchev–Trinajstić information content (AvgIpc) is 3.81. The van der Waals surface area contributed by atoms with Crippen molar-refractivity contribution in [3.8, 4) is 67.7 Å². The molecule has 0 fully saturated rings. The molecule has 0 spiro atoms. The zero-order chi connectivity index (χ0) is 26.0. The van der Waals surface area contributed by atoms with Gasteiger partial charge in [0.25, 0.3) is 0 Å². The lowest BCUT2D eigenvalue weighted by Crippen LogP contribution is -1.88. The van der Waals surface area contributed by atoms with E-state index in [1.165, 1.54) is 0 Å². The van der Waals surface area contributed by atoms with Crippen molar-refractivity contribution in [2.75, 3.05) is 0 Å². The molecule has 7 aromatic rings. The van der Waals surface area contributed by atoms with Gasteiger partial charge in [-0.3, -0.25) is 0 Å². The molecule has 0 aliphatic rings. The average molecular weight is 508 g/mol. The van der Waals surface area contributed by atoms with Gasteiger partial charge in [0.05, 0.1) is 18.6 Å². The Hall–Kier alpha value is -5.49. The van der Waals surface area contributed by atoms with E-state index >= 15 is 0 Å². The third-order valence-electron chi connectivity index (χ3n) is 6.56. The Labute approximate surface area is 224 Å². The fourth-order valence-corrected chi connectivity index (χ4v) is 4.72. The zero-order valence-corrected chi connectivity index (χ0v) is 20.7. The molecule has 0 saturated carbocycles. The number of hydrogen-bond acceptors (Lipinski definition) is 6. The summed E-state index contributed by atoms with van der Waals surface area (Å²) in [5, 5.41) is 0. The second-order valence-corrected chi connectivity index (χ2v) is 9.05. The van der Waals surface area contributed by atoms with Crippen LogP contribution in [0.2, 0.25) is 0 Å². The number of nitrogens with zero attached hydrogens (tertiary/aromatic N) is 3. The van der Waals surface area contributed by atoms with E-state index in [1.807, 2.05) is 36.4 Å². The van der Waals surface area contributed by atoms with Gasteiger partial charge in [-0.15, -0.1) is 0 Å². The third-order valence-corrected chi connectivity index (χ3v) is 6.56. The molecule has 39 heavy (non-hydrogen) atoms. The van der Waals surface area contributed by atoms with Crippen LogP contribution in [0.4, 0.5) is 0 Å². The highest BCUT2D eigenvalue weighted by atomic mass is 16.3. The monoisotopic (exact) mass is 507 g/mol. The van der Waals surface area contributed by atoms with Crippen molar-refractivity contribution >= 4 is 0 Å². The number of aromatic nitrogens is 3. The van der Waals surface area contributed by atoms with E-state index in [2.05, 4.69) is 69.5 Å². The molecule has 0 saturated heterocycles. The first-order valence-electron chi connectivity index (χ1n) is 12.5. The predicted octanol–water partition coefficient (Wildman–Crippen LogP) is 8.65. The summed E-state index contributed by atoms with van der Waals surface area (Å²) >= 11 is 0. The molecule has 3 heterocycles. The summed E-state index contributed by atoms with van der Waals surface area (Å²) in [6, 6.07) is 31.3.